The minimum absolute atomic E-state index is 0.0108. The van der Waals surface area contributed by atoms with Crippen LogP contribution in [0.2, 0.25) is 0 Å². The van der Waals surface area contributed by atoms with E-state index in [1.807, 2.05) is 31.1 Å². The predicted molar refractivity (Wildman–Crippen MR) is 151 cm³/mol. The minimum atomic E-state index is -1.48. The lowest BCUT2D eigenvalue weighted by atomic mass is 10.1. The Hall–Kier alpha value is -5.16. The molecule has 9 nitrogen and oxygen atoms in total. The van der Waals surface area contributed by atoms with Crippen LogP contribution >= 0.6 is 0 Å². The number of ether oxygens (including phenoxy) is 3. The molecule has 0 radical (unpaired) electrons. The van der Waals surface area contributed by atoms with Gasteiger partial charge in [-0.3, -0.25) is 0 Å². The summed E-state index contributed by atoms with van der Waals surface area (Å²) in [7, 11) is 3.83. The first-order chi connectivity index (χ1) is 20.1. The van der Waals surface area contributed by atoms with Gasteiger partial charge < -0.3 is 24.2 Å². The molecule has 0 amide bonds. The number of azo groups is 1. The zero-order valence-electron chi connectivity index (χ0n) is 23.0. The van der Waals surface area contributed by atoms with Crippen LogP contribution in [0, 0.1) is 11.6 Å². The van der Waals surface area contributed by atoms with E-state index in [2.05, 4.69) is 10.2 Å². The second kappa shape index (κ2) is 13.5. The van der Waals surface area contributed by atoms with Gasteiger partial charge in [-0.2, -0.15) is 5.11 Å². The van der Waals surface area contributed by atoms with Crippen molar-refractivity contribution in [2.24, 2.45) is 10.2 Å². The minimum Gasteiger partial charge on any atom is -0.462 e. The third-order valence-corrected chi connectivity index (χ3v) is 5.88. The van der Waals surface area contributed by atoms with Crippen molar-refractivity contribution in [1.82, 2.24) is 0 Å². The van der Waals surface area contributed by atoms with E-state index in [4.69, 9.17) is 14.2 Å². The van der Waals surface area contributed by atoms with E-state index in [0.717, 1.165) is 23.9 Å². The molecule has 4 aromatic rings. The average molecular weight is 576 g/mol. The number of nitrogens with zero attached hydrogens (tertiary/aromatic N) is 3. The van der Waals surface area contributed by atoms with E-state index in [9.17, 15) is 23.5 Å². The highest BCUT2D eigenvalue weighted by Crippen LogP contribution is 2.28. The molecule has 1 atom stereocenters. The zero-order chi connectivity index (χ0) is 30.2. The van der Waals surface area contributed by atoms with Crippen LogP contribution < -0.4 is 14.4 Å². The van der Waals surface area contributed by atoms with E-state index in [1.165, 1.54) is 42.5 Å². The Morgan fingerprint density at radius 2 is 1.52 bits per heavy atom. The van der Waals surface area contributed by atoms with Gasteiger partial charge in [-0.05, 0) is 73.7 Å². The molecular formula is C31H27F2N3O6. The van der Waals surface area contributed by atoms with Gasteiger partial charge >= 0.3 is 11.9 Å². The van der Waals surface area contributed by atoms with Gasteiger partial charge in [-0.1, -0.05) is 12.1 Å². The molecule has 11 heteroatoms. The number of benzene rings is 4. The number of rotatable bonds is 10. The highest BCUT2D eigenvalue weighted by atomic mass is 19.1. The number of anilines is 1. The van der Waals surface area contributed by atoms with Crippen LogP contribution in [0.1, 0.15) is 39.5 Å². The first-order valence-corrected chi connectivity index (χ1v) is 12.8. The topological polar surface area (TPSA) is 110 Å². The van der Waals surface area contributed by atoms with Gasteiger partial charge in [0.05, 0.1) is 23.4 Å². The fourth-order valence-corrected chi connectivity index (χ4v) is 3.64. The molecule has 0 saturated heterocycles. The number of aliphatic hydroxyl groups is 1. The van der Waals surface area contributed by atoms with E-state index < -0.39 is 29.9 Å². The Bertz CT molecular complexity index is 1590. The Labute approximate surface area is 240 Å². The molecule has 0 spiro atoms. The Kier molecular flexibility index (Phi) is 9.56. The molecule has 0 fully saturated rings. The lowest BCUT2D eigenvalue weighted by molar-refractivity contribution is -0.0196. The fourth-order valence-electron chi connectivity index (χ4n) is 3.64. The van der Waals surface area contributed by atoms with Crippen LogP contribution in [0.25, 0.3) is 0 Å². The summed E-state index contributed by atoms with van der Waals surface area (Å²) < 4.78 is 44.3. The number of carbonyl (C=O) groups excluding carboxylic acids is 2. The molecule has 4 aromatic carbocycles. The molecule has 0 heterocycles. The monoisotopic (exact) mass is 575 g/mol. The molecule has 216 valence electrons. The van der Waals surface area contributed by atoms with Crippen molar-refractivity contribution in [3.05, 3.63) is 113 Å². The van der Waals surface area contributed by atoms with Crippen LogP contribution in [-0.4, -0.2) is 37.7 Å². The van der Waals surface area contributed by atoms with Crippen LogP contribution in [0.15, 0.2) is 95.2 Å². The van der Waals surface area contributed by atoms with Crippen LogP contribution in [0.5, 0.6) is 11.5 Å². The molecule has 0 bridgehead atoms. The van der Waals surface area contributed by atoms with Crippen molar-refractivity contribution in [2.75, 3.05) is 25.6 Å². The summed E-state index contributed by atoms with van der Waals surface area (Å²) in [5, 5.41) is 18.5. The number of carbonyl (C=O) groups is 2. The number of esters is 2. The normalized spacial score (nSPS) is 11.7. The standard InChI is InChI=1S/C31H27F2N3O6/c1-4-40-29(37)21-9-16-28(26(33)17-21)42-31(39)20-7-5-19(6-8-20)30(38)41-24-14-15-27(25(32)18-24)35-34-22-10-12-23(13-11-22)36(2)3/h5-18,30,38H,4H2,1-3H3/b35-34+. The molecule has 0 aromatic heterocycles. The summed E-state index contributed by atoms with van der Waals surface area (Å²) >= 11 is 0. The number of halogens is 2. The SMILES string of the molecule is CCOC(=O)c1ccc(OC(=O)c2ccc(C(O)Oc3ccc(/N=N/c4ccc(N(C)C)cc4)c(F)c3)cc2)c(F)c1. The largest absolute Gasteiger partial charge is 0.462 e. The van der Waals surface area contributed by atoms with Crippen molar-refractivity contribution in [2.45, 2.75) is 13.2 Å². The second-order valence-electron chi connectivity index (χ2n) is 9.07. The summed E-state index contributed by atoms with van der Waals surface area (Å²) in [5.74, 6) is -3.49. The summed E-state index contributed by atoms with van der Waals surface area (Å²) in [6.07, 6.45) is -1.48. The average Bonchev–Trinajstić information content (AvgIpc) is 2.98. The summed E-state index contributed by atoms with van der Waals surface area (Å²) in [4.78, 5) is 26.2. The zero-order valence-corrected chi connectivity index (χ0v) is 23.0. The molecule has 1 N–H and O–H groups in total. The summed E-state index contributed by atoms with van der Waals surface area (Å²) in [5.41, 5.74) is 1.85. The van der Waals surface area contributed by atoms with Gasteiger partial charge in [0.1, 0.15) is 11.4 Å². The lowest BCUT2D eigenvalue weighted by Gasteiger charge is -2.14. The van der Waals surface area contributed by atoms with Crippen molar-refractivity contribution < 1.29 is 37.7 Å². The maximum atomic E-state index is 14.6. The molecule has 0 aliphatic rings. The van der Waals surface area contributed by atoms with Crippen LogP contribution in [0.4, 0.5) is 25.8 Å². The van der Waals surface area contributed by atoms with Gasteiger partial charge in [0.15, 0.2) is 17.4 Å². The number of aliphatic hydroxyl groups excluding tert-OH is 1. The van der Waals surface area contributed by atoms with Gasteiger partial charge in [-0.15, -0.1) is 5.11 Å². The molecule has 42 heavy (non-hydrogen) atoms. The van der Waals surface area contributed by atoms with Gasteiger partial charge in [0.2, 0.25) is 6.29 Å². The third kappa shape index (κ3) is 7.52. The highest BCUT2D eigenvalue weighted by Gasteiger charge is 2.17. The first kappa shape index (κ1) is 29.8. The van der Waals surface area contributed by atoms with Crippen molar-refractivity contribution in [1.29, 1.82) is 0 Å². The van der Waals surface area contributed by atoms with E-state index >= 15 is 0 Å². The number of hydrogen-bond acceptors (Lipinski definition) is 9. The third-order valence-electron chi connectivity index (χ3n) is 5.88. The smallest absolute Gasteiger partial charge is 0.343 e. The maximum absolute atomic E-state index is 14.6. The maximum Gasteiger partial charge on any atom is 0.343 e. The molecular weight excluding hydrogens is 548 g/mol. The van der Waals surface area contributed by atoms with Crippen LogP contribution in [0.3, 0.4) is 0 Å². The fraction of sp³-hybridized carbons (Fsp3) is 0.161. The quantitative estimate of drug-likeness (QED) is 0.0947. The Morgan fingerprint density at radius 3 is 2.14 bits per heavy atom. The van der Waals surface area contributed by atoms with Crippen molar-refractivity contribution >= 4 is 29.0 Å². The van der Waals surface area contributed by atoms with Gasteiger partial charge in [-0.25, -0.2) is 18.4 Å². The van der Waals surface area contributed by atoms with E-state index in [-0.39, 0.29) is 40.5 Å². The lowest BCUT2D eigenvalue weighted by Crippen LogP contribution is -2.12. The number of hydrogen-bond donors (Lipinski definition) is 1. The molecule has 1 unspecified atom stereocenters. The second-order valence-corrected chi connectivity index (χ2v) is 9.07. The van der Waals surface area contributed by atoms with Crippen LogP contribution in [-0.2, 0) is 4.74 Å². The molecule has 0 saturated carbocycles. The predicted octanol–water partition coefficient (Wildman–Crippen LogP) is 6.91. The molecule has 4 rings (SSSR count). The van der Waals surface area contributed by atoms with Crippen molar-refractivity contribution in [3.8, 4) is 11.5 Å². The van der Waals surface area contributed by atoms with Gasteiger partial charge in [0.25, 0.3) is 0 Å². The highest BCUT2D eigenvalue weighted by molar-refractivity contribution is 5.92. The van der Waals surface area contributed by atoms with E-state index in [1.54, 1.807) is 19.1 Å². The molecule has 0 aliphatic carbocycles. The van der Waals surface area contributed by atoms with Crippen molar-refractivity contribution in [3.63, 3.8) is 0 Å². The summed E-state index contributed by atoms with van der Waals surface area (Å²) in [6, 6.07) is 20.0. The first-order valence-electron chi connectivity index (χ1n) is 12.8. The Balaban J connectivity index is 1.36. The summed E-state index contributed by atoms with van der Waals surface area (Å²) in [6.45, 7) is 1.76. The van der Waals surface area contributed by atoms with Gasteiger partial charge in [0, 0.05) is 31.4 Å². The molecule has 0 aliphatic heterocycles. The van der Waals surface area contributed by atoms with E-state index in [0.29, 0.717) is 5.69 Å². The Morgan fingerprint density at radius 1 is 0.833 bits per heavy atom.